The molecule has 332 valence electrons. The molecule has 2 aliphatic rings. The Morgan fingerprint density at radius 3 is 0.701 bits per heavy atom. The molecule has 0 fully saturated rings. The number of carbonyl (C=O) groups excluding carboxylic acids is 2. The number of aryl methyl sites for hydroxylation is 1. The van der Waals surface area contributed by atoms with E-state index in [1.165, 1.54) is 72.8 Å². The highest BCUT2D eigenvalue weighted by molar-refractivity contribution is 7.86. The lowest BCUT2D eigenvalue weighted by Gasteiger charge is -2.16. The first-order chi connectivity index (χ1) is 31.9. The first-order valence-corrected chi connectivity index (χ1v) is 24.8. The van der Waals surface area contributed by atoms with Crippen LogP contribution in [0.1, 0.15) is 50.1 Å². The Bertz CT molecular complexity index is 3650. The van der Waals surface area contributed by atoms with Gasteiger partial charge in [0.05, 0.1) is 14.7 Å². The molecule has 7 aromatic rings. The fraction of sp³-hybridized carbons (Fsp3) is 0.0189. The van der Waals surface area contributed by atoms with Gasteiger partial charge in [0.15, 0.2) is 11.6 Å². The van der Waals surface area contributed by atoms with Crippen molar-refractivity contribution in [3.8, 4) is 0 Å². The minimum absolute atomic E-state index is 0.170. The van der Waals surface area contributed by atoms with Gasteiger partial charge in [-0.2, -0.15) is 25.3 Å². The molecule has 0 aliphatic heterocycles. The fourth-order valence-corrected chi connectivity index (χ4v) is 10.0. The smallest absolute Gasteiger partial charge is 0.289 e. The molecule has 67 heavy (non-hydrogen) atoms. The topological polar surface area (TPSA) is 197 Å². The molecule has 0 heterocycles. The highest BCUT2D eigenvalue weighted by Crippen LogP contribution is 2.52. The van der Waals surface area contributed by atoms with Crippen molar-refractivity contribution in [3.05, 3.63) is 232 Å². The molecule has 9 rings (SSSR count). The van der Waals surface area contributed by atoms with Crippen molar-refractivity contribution in [3.63, 3.8) is 0 Å². The zero-order chi connectivity index (χ0) is 47.4. The highest BCUT2D eigenvalue weighted by atomic mass is 32.2. The number of hydrogen-bond acceptors (Lipinski definition) is 8. The third-order valence-corrected chi connectivity index (χ3v) is 14.3. The molecular weight excluding hydrogens is 909 g/mol. The molecule has 0 saturated carbocycles. The lowest BCUT2D eigenvalue weighted by molar-refractivity contribution is -0.109. The minimum Gasteiger partial charge on any atom is -0.289 e. The molecule has 2 aliphatic carbocycles. The first kappa shape index (κ1) is 44.8. The summed E-state index contributed by atoms with van der Waals surface area (Å²) >= 11 is 0. The van der Waals surface area contributed by atoms with Gasteiger partial charge in [0.25, 0.3) is 30.4 Å². The Morgan fingerprint density at radius 2 is 0.463 bits per heavy atom. The Morgan fingerprint density at radius 1 is 0.269 bits per heavy atom. The van der Waals surface area contributed by atoms with E-state index in [1.54, 1.807) is 24.3 Å². The summed E-state index contributed by atoms with van der Waals surface area (Å²) in [6.07, 6.45) is 0. The highest BCUT2D eigenvalue weighted by Gasteiger charge is 2.38. The molecule has 0 amide bonds. The maximum atomic E-state index is 15.1. The van der Waals surface area contributed by atoms with Crippen molar-refractivity contribution < 1.29 is 48.5 Å². The van der Waals surface area contributed by atoms with Crippen LogP contribution in [0, 0.1) is 6.92 Å². The predicted molar refractivity (Wildman–Crippen MR) is 257 cm³/mol. The third-order valence-electron chi connectivity index (χ3n) is 11.7. The van der Waals surface area contributed by atoms with Crippen LogP contribution in [0.2, 0.25) is 0 Å². The van der Waals surface area contributed by atoms with E-state index >= 15 is 9.59 Å². The van der Waals surface area contributed by atoms with E-state index in [1.807, 2.05) is 91.9 Å². The average molecular weight is 945 g/mol. The van der Waals surface area contributed by atoms with E-state index in [9.17, 15) is 38.9 Å². The van der Waals surface area contributed by atoms with E-state index in [2.05, 4.69) is 0 Å². The zero-order valence-corrected chi connectivity index (χ0v) is 37.6. The van der Waals surface area contributed by atoms with Crippen molar-refractivity contribution in [1.82, 2.24) is 0 Å². The van der Waals surface area contributed by atoms with E-state index in [0.29, 0.717) is 66.8 Å². The number of allylic oxidation sites excluding steroid dienone is 8. The molecule has 0 spiro atoms. The summed E-state index contributed by atoms with van der Waals surface area (Å²) in [4.78, 5) is 29.0. The van der Waals surface area contributed by atoms with Gasteiger partial charge in [-0.15, -0.1) is 0 Å². The second-order valence-corrected chi connectivity index (χ2v) is 20.1. The van der Waals surface area contributed by atoms with Gasteiger partial charge in [0.2, 0.25) is 0 Å². The Kier molecular flexibility index (Phi) is 11.4. The van der Waals surface area contributed by atoms with Crippen molar-refractivity contribution in [1.29, 1.82) is 0 Å². The normalized spacial score (nSPS) is 14.7. The van der Waals surface area contributed by atoms with Crippen LogP contribution in [0.4, 0.5) is 0 Å². The Hall–Kier alpha value is -7.43. The van der Waals surface area contributed by atoms with Crippen molar-refractivity contribution >= 4 is 86.5 Å². The number of Topliss-reactive ketones (excluding diaryl/α,β-unsaturated/α-hetero) is 2. The second kappa shape index (κ2) is 17.1. The Balaban J connectivity index is 1.31. The van der Waals surface area contributed by atoms with Crippen LogP contribution in [0.5, 0.6) is 0 Å². The lowest BCUT2D eigenvalue weighted by Crippen LogP contribution is -2.04. The van der Waals surface area contributed by atoms with Crippen LogP contribution in [0.15, 0.2) is 197 Å². The van der Waals surface area contributed by atoms with Crippen LogP contribution in [-0.2, 0) is 39.9 Å². The van der Waals surface area contributed by atoms with Gasteiger partial charge in [-0.25, -0.2) is 0 Å². The number of ketones is 2. The summed E-state index contributed by atoms with van der Waals surface area (Å²) in [5.74, 6) is -0.797. The number of rotatable bonds is 11. The number of hydrogen-bond donors (Lipinski definition) is 3. The summed E-state index contributed by atoms with van der Waals surface area (Å²) in [6, 6.07) is 49.0. The minimum atomic E-state index is -4.60. The van der Waals surface area contributed by atoms with Crippen LogP contribution < -0.4 is 0 Å². The SMILES string of the molecule is Cc1ccc(C2=C(c3ccccc3)C(c3ccc(C4=C(c5ccc(S(=O)(=O)O)cc5)C(=O)C(c5ccc(S(=O)(=O)O)cc5)=C4c4ccccc4)cc3)=C(c3ccc(S(=O)(=O)O)cc3)C2=O)cc1. The quantitative estimate of drug-likeness (QED) is 0.104. The van der Waals surface area contributed by atoms with Crippen molar-refractivity contribution in [2.24, 2.45) is 0 Å². The molecule has 14 heteroatoms. The molecule has 3 N–H and O–H groups in total. The molecule has 0 aromatic heterocycles. The molecule has 0 atom stereocenters. The fourth-order valence-electron chi connectivity index (χ4n) is 8.57. The van der Waals surface area contributed by atoms with Crippen LogP contribution >= 0.6 is 0 Å². The van der Waals surface area contributed by atoms with E-state index in [4.69, 9.17) is 0 Å². The lowest BCUT2D eigenvalue weighted by atomic mass is 9.86. The van der Waals surface area contributed by atoms with Gasteiger partial charge in [0.1, 0.15) is 0 Å². The third kappa shape index (κ3) is 8.49. The summed E-state index contributed by atoms with van der Waals surface area (Å²) < 4.78 is 102. The summed E-state index contributed by atoms with van der Waals surface area (Å²) in [6.45, 7) is 1.94. The van der Waals surface area contributed by atoms with E-state index < -0.39 is 36.1 Å². The van der Waals surface area contributed by atoms with E-state index in [0.717, 1.165) is 11.1 Å². The maximum absolute atomic E-state index is 15.1. The molecule has 0 bridgehead atoms. The van der Waals surface area contributed by atoms with Crippen molar-refractivity contribution in [2.45, 2.75) is 21.6 Å². The molecule has 11 nitrogen and oxygen atoms in total. The predicted octanol–water partition coefficient (Wildman–Crippen LogP) is 9.94. The molecular formula is C53H36O11S3. The maximum Gasteiger partial charge on any atom is 0.294 e. The molecule has 0 radical (unpaired) electrons. The van der Waals surface area contributed by atoms with Gasteiger partial charge in [-0.3, -0.25) is 23.2 Å². The number of benzene rings is 7. The van der Waals surface area contributed by atoms with Crippen LogP contribution in [0.3, 0.4) is 0 Å². The van der Waals surface area contributed by atoms with Gasteiger partial charge < -0.3 is 0 Å². The molecule has 7 aromatic carbocycles. The van der Waals surface area contributed by atoms with E-state index in [-0.39, 0.29) is 37.2 Å². The second-order valence-electron chi connectivity index (χ2n) is 15.8. The van der Waals surface area contributed by atoms with Gasteiger partial charge in [0, 0.05) is 44.6 Å². The van der Waals surface area contributed by atoms with Crippen LogP contribution in [-0.4, -0.2) is 50.5 Å². The van der Waals surface area contributed by atoms with Gasteiger partial charge >= 0.3 is 0 Å². The van der Waals surface area contributed by atoms with Gasteiger partial charge in [-0.05, 0) is 87.8 Å². The largest absolute Gasteiger partial charge is 0.294 e. The zero-order valence-electron chi connectivity index (χ0n) is 35.2. The Labute approximate surface area is 386 Å². The summed E-state index contributed by atoms with van der Waals surface area (Å²) in [5.41, 5.74) is 8.25. The van der Waals surface area contributed by atoms with Gasteiger partial charge in [-0.1, -0.05) is 151 Å². The standard InChI is InChI=1S/C53H36O11S3/c1-32-12-14-37(15-13-32)48-44(33-8-4-2-5-9-33)46(50(52(48)54)39-22-28-42(29-23-39)66(59,60)61)35-16-18-36(19-17-35)47-45(34-10-6-3-7-11-34)49(38-20-26-41(27-21-38)65(56,57)58)53(55)51(47)40-24-30-43(31-25-40)67(62,63)64/h2-31H,1H3,(H,56,57,58)(H,59,60,61)(H,62,63,64). The van der Waals surface area contributed by atoms with Crippen LogP contribution in [0.25, 0.3) is 44.6 Å². The summed E-state index contributed by atoms with van der Waals surface area (Å²) in [5, 5.41) is 0. The molecule has 0 unspecified atom stereocenters. The van der Waals surface area contributed by atoms with Crippen molar-refractivity contribution in [2.75, 3.05) is 0 Å². The molecule has 0 saturated heterocycles. The first-order valence-electron chi connectivity index (χ1n) is 20.5. The number of carbonyl (C=O) groups is 2. The monoisotopic (exact) mass is 944 g/mol. The summed E-state index contributed by atoms with van der Waals surface area (Å²) in [7, 11) is -13.7. The average Bonchev–Trinajstić information content (AvgIpc) is 3.80.